The maximum atomic E-state index is 13.1. The van der Waals surface area contributed by atoms with Gasteiger partial charge in [0.2, 0.25) is 0 Å². The van der Waals surface area contributed by atoms with Gasteiger partial charge in [-0.1, -0.05) is 26.3 Å². The minimum absolute atomic E-state index is 0.00114. The molecule has 0 fully saturated rings. The number of aliphatic hydroxyl groups excluding tert-OH is 1. The highest BCUT2D eigenvalue weighted by Gasteiger charge is 2.40. The quantitative estimate of drug-likeness (QED) is 0.391. The number of rotatable bonds is 10. The molecule has 0 radical (unpaired) electrons. The van der Waals surface area contributed by atoms with Gasteiger partial charge in [0.05, 0.1) is 23.8 Å². The summed E-state index contributed by atoms with van der Waals surface area (Å²) in [5.41, 5.74) is -1.42. The number of hydrogen-bond acceptors (Lipinski definition) is 6. The first-order valence-corrected chi connectivity index (χ1v) is 12.4. The van der Waals surface area contributed by atoms with Gasteiger partial charge in [0.1, 0.15) is 15.6 Å². The van der Waals surface area contributed by atoms with E-state index in [2.05, 4.69) is 20.9 Å². The molecule has 29 heavy (non-hydrogen) atoms. The average molecular weight is 492 g/mol. The Hall–Kier alpha value is -0.990. The summed E-state index contributed by atoms with van der Waals surface area (Å²) in [5.74, 6) is -0.575. The Labute approximate surface area is 183 Å². The van der Waals surface area contributed by atoms with Gasteiger partial charge in [0.15, 0.2) is 9.84 Å². The maximum absolute atomic E-state index is 13.1. The Morgan fingerprint density at radius 3 is 2.28 bits per heavy atom. The molecule has 1 rings (SSSR count). The topological polar surface area (TPSA) is 93.6 Å². The zero-order chi connectivity index (χ0) is 22.5. The van der Waals surface area contributed by atoms with Crippen LogP contribution < -0.4 is 0 Å². The van der Waals surface area contributed by atoms with Crippen LogP contribution in [0.4, 0.5) is 0 Å². The van der Waals surface area contributed by atoms with Crippen LogP contribution in [-0.4, -0.2) is 48.2 Å². The molecule has 0 aliphatic rings. The number of esters is 1. The van der Waals surface area contributed by atoms with Gasteiger partial charge in [-0.15, -0.1) is 0 Å². The molecular weight excluding hydrogens is 458 g/mol. The number of sulfone groups is 1. The van der Waals surface area contributed by atoms with E-state index in [1.54, 1.807) is 6.07 Å². The Morgan fingerprint density at radius 1 is 1.14 bits per heavy atom. The highest BCUT2D eigenvalue weighted by Crippen LogP contribution is 2.35. The first kappa shape index (κ1) is 26.0. The number of carbonyl (C=O) groups is 1. The summed E-state index contributed by atoms with van der Waals surface area (Å²) >= 11 is 3.36. The van der Waals surface area contributed by atoms with E-state index >= 15 is 0 Å². The van der Waals surface area contributed by atoms with E-state index in [1.807, 2.05) is 53.7 Å². The Kier molecular flexibility index (Phi) is 8.87. The normalized spacial score (nSPS) is 15.0. The van der Waals surface area contributed by atoms with Crippen molar-refractivity contribution in [1.29, 1.82) is 0 Å². The number of ether oxygens (including phenoxy) is 1. The SMILES string of the molecule is CC(C)(CCCC(C)(C(=O)OC(C)(C)C)c1cccc(Br)n1)CS(=O)(=O)CCO. The molecule has 6 nitrogen and oxygen atoms in total. The number of aromatic nitrogens is 1. The monoisotopic (exact) mass is 491 g/mol. The minimum Gasteiger partial charge on any atom is -0.459 e. The lowest BCUT2D eigenvalue weighted by atomic mass is 9.78. The fourth-order valence-corrected chi connectivity index (χ4v) is 5.34. The predicted octanol–water partition coefficient (Wildman–Crippen LogP) is 4.05. The van der Waals surface area contributed by atoms with Crippen LogP contribution in [0.15, 0.2) is 22.8 Å². The van der Waals surface area contributed by atoms with Crippen LogP contribution in [0.2, 0.25) is 0 Å². The molecular formula is C21H34BrNO5S. The zero-order valence-corrected chi connectivity index (χ0v) is 20.7. The summed E-state index contributed by atoms with van der Waals surface area (Å²) in [6.07, 6.45) is 1.73. The summed E-state index contributed by atoms with van der Waals surface area (Å²) in [7, 11) is -3.31. The van der Waals surface area contributed by atoms with Gasteiger partial charge < -0.3 is 9.84 Å². The second kappa shape index (κ2) is 9.88. The van der Waals surface area contributed by atoms with Crippen LogP contribution in [-0.2, 0) is 24.8 Å². The van der Waals surface area contributed by atoms with Gasteiger partial charge in [-0.3, -0.25) is 4.79 Å². The fourth-order valence-electron chi connectivity index (χ4n) is 3.24. The number of halogens is 1. The van der Waals surface area contributed by atoms with E-state index in [0.29, 0.717) is 29.6 Å². The summed E-state index contributed by atoms with van der Waals surface area (Å²) in [4.78, 5) is 17.5. The molecule has 0 bridgehead atoms. The van der Waals surface area contributed by atoms with Crippen molar-refractivity contribution >= 4 is 31.7 Å². The molecule has 1 aromatic rings. The molecule has 0 saturated heterocycles. The average Bonchev–Trinajstić information content (AvgIpc) is 2.51. The lowest BCUT2D eigenvalue weighted by Crippen LogP contribution is -2.40. The largest absolute Gasteiger partial charge is 0.459 e. The minimum atomic E-state index is -3.31. The van der Waals surface area contributed by atoms with Crippen LogP contribution >= 0.6 is 15.9 Å². The molecule has 1 unspecified atom stereocenters. The molecule has 0 aliphatic heterocycles. The van der Waals surface area contributed by atoms with Gasteiger partial charge in [-0.25, -0.2) is 13.4 Å². The van der Waals surface area contributed by atoms with Crippen LogP contribution in [0, 0.1) is 5.41 Å². The lowest BCUT2D eigenvalue weighted by Gasteiger charge is -2.32. The number of pyridine rings is 1. The van der Waals surface area contributed by atoms with Crippen molar-refractivity contribution in [1.82, 2.24) is 4.98 Å². The number of hydrogen-bond donors (Lipinski definition) is 1. The second-order valence-electron chi connectivity index (χ2n) is 9.51. The van der Waals surface area contributed by atoms with E-state index in [-0.39, 0.29) is 24.1 Å². The Morgan fingerprint density at radius 2 is 1.76 bits per heavy atom. The molecule has 166 valence electrons. The van der Waals surface area contributed by atoms with Gasteiger partial charge >= 0.3 is 5.97 Å². The van der Waals surface area contributed by atoms with Crippen molar-refractivity contribution in [3.63, 3.8) is 0 Å². The number of carbonyl (C=O) groups excluding carboxylic acids is 1. The van der Waals surface area contributed by atoms with E-state index in [1.165, 1.54) is 0 Å². The van der Waals surface area contributed by atoms with Crippen LogP contribution in [0.3, 0.4) is 0 Å². The van der Waals surface area contributed by atoms with Gasteiger partial charge in [0.25, 0.3) is 0 Å². The van der Waals surface area contributed by atoms with Crippen molar-refractivity contribution in [3.8, 4) is 0 Å². The van der Waals surface area contributed by atoms with Crippen molar-refractivity contribution in [2.75, 3.05) is 18.1 Å². The molecule has 0 spiro atoms. The first-order chi connectivity index (χ1) is 13.1. The third-order valence-electron chi connectivity index (χ3n) is 4.67. The summed E-state index contributed by atoms with van der Waals surface area (Å²) in [5, 5.41) is 8.94. The van der Waals surface area contributed by atoms with Gasteiger partial charge in [-0.2, -0.15) is 0 Å². The molecule has 0 aliphatic carbocycles. The first-order valence-electron chi connectivity index (χ1n) is 9.78. The zero-order valence-electron chi connectivity index (χ0n) is 18.3. The molecule has 1 atom stereocenters. The third kappa shape index (κ3) is 8.72. The molecule has 1 aromatic heterocycles. The predicted molar refractivity (Wildman–Crippen MR) is 119 cm³/mol. The summed E-state index contributed by atoms with van der Waals surface area (Å²) in [6, 6.07) is 5.44. The van der Waals surface area contributed by atoms with Crippen molar-refractivity contribution < 1.29 is 23.1 Å². The lowest BCUT2D eigenvalue weighted by molar-refractivity contribution is -0.162. The molecule has 1 N–H and O–H groups in total. The fraction of sp³-hybridized carbons (Fsp3) is 0.714. The van der Waals surface area contributed by atoms with Crippen LogP contribution in [0.1, 0.15) is 66.5 Å². The molecule has 0 amide bonds. The highest BCUT2D eigenvalue weighted by atomic mass is 79.9. The Bertz CT molecular complexity index is 802. The van der Waals surface area contributed by atoms with E-state index in [4.69, 9.17) is 9.84 Å². The smallest absolute Gasteiger partial charge is 0.318 e. The van der Waals surface area contributed by atoms with E-state index in [9.17, 15) is 13.2 Å². The van der Waals surface area contributed by atoms with Gasteiger partial charge in [0, 0.05) is 0 Å². The molecule has 1 heterocycles. The molecule has 8 heteroatoms. The second-order valence-corrected chi connectivity index (χ2v) is 12.5. The van der Waals surface area contributed by atoms with Crippen LogP contribution in [0.5, 0.6) is 0 Å². The molecule has 0 saturated carbocycles. The standard InChI is InChI=1S/C21H34BrNO5S/c1-19(2,3)28-18(25)21(6,16-9-7-10-17(22)23-16)12-8-11-20(4,5)15-29(26,27)14-13-24/h7,9-10,24H,8,11-15H2,1-6H3. The van der Waals surface area contributed by atoms with Crippen LogP contribution in [0.25, 0.3) is 0 Å². The Balaban J connectivity index is 3.00. The van der Waals surface area contributed by atoms with Gasteiger partial charge in [-0.05, 0) is 74.0 Å². The number of nitrogens with zero attached hydrogens (tertiary/aromatic N) is 1. The molecule has 0 aromatic carbocycles. The van der Waals surface area contributed by atoms with Crippen molar-refractivity contribution in [2.24, 2.45) is 5.41 Å². The van der Waals surface area contributed by atoms with Crippen molar-refractivity contribution in [3.05, 3.63) is 28.5 Å². The maximum Gasteiger partial charge on any atom is 0.318 e. The summed E-state index contributed by atoms with van der Waals surface area (Å²) in [6.45, 7) is 10.7. The van der Waals surface area contributed by atoms with Crippen molar-refractivity contribution in [2.45, 2.75) is 71.8 Å². The highest BCUT2D eigenvalue weighted by molar-refractivity contribution is 9.10. The number of aliphatic hydroxyl groups is 1. The van der Waals surface area contributed by atoms with E-state index in [0.717, 1.165) is 0 Å². The third-order valence-corrected chi connectivity index (χ3v) is 7.14. The summed E-state index contributed by atoms with van der Waals surface area (Å²) < 4.78 is 30.5. The van der Waals surface area contributed by atoms with E-state index < -0.39 is 26.3 Å².